The summed E-state index contributed by atoms with van der Waals surface area (Å²) in [6.07, 6.45) is 0. The average molecular weight is 227 g/mol. The Hall–Kier alpha value is -1.00. The molecule has 2 nitrogen and oxygen atoms in total. The molecule has 1 N–H and O–H groups in total. The van der Waals surface area contributed by atoms with Crippen LogP contribution in [-0.2, 0) is 17.3 Å². The maximum atomic E-state index is 13.6. The van der Waals surface area contributed by atoms with Crippen molar-refractivity contribution in [3.63, 3.8) is 0 Å². The van der Waals surface area contributed by atoms with Crippen molar-refractivity contribution in [2.45, 2.75) is 25.5 Å². The second kappa shape index (κ2) is 4.11. The number of halogens is 2. The monoisotopic (exact) mass is 227 g/mol. The van der Waals surface area contributed by atoms with E-state index in [1.54, 1.807) is 6.07 Å². The van der Waals surface area contributed by atoms with Crippen LogP contribution in [0.4, 0.5) is 8.78 Å². The molecule has 0 amide bonds. The average Bonchev–Trinajstić information content (AvgIpc) is 2.27. The molecule has 1 atom stereocenters. The molecule has 1 heterocycles. The van der Waals surface area contributed by atoms with Gasteiger partial charge in [0.1, 0.15) is 6.61 Å². The highest BCUT2D eigenvalue weighted by molar-refractivity contribution is 5.40. The minimum atomic E-state index is -2.86. The van der Waals surface area contributed by atoms with Crippen LogP contribution in [0.1, 0.15) is 29.7 Å². The Bertz CT molecular complexity index is 393. The van der Waals surface area contributed by atoms with Gasteiger partial charge >= 0.3 is 0 Å². The minimum absolute atomic E-state index is 0.0486. The van der Waals surface area contributed by atoms with Gasteiger partial charge in [0.2, 0.25) is 0 Å². The van der Waals surface area contributed by atoms with Gasteiger partial charge < -0.3 is 10.1 Å². The number of hydrogen-bond donors (Lipinski definition) is 1. The van der Waals surface area contributed by atoms with Gasteiger partial charge in [-0.25, -0.2) is 0 Å². The molecule has 1 aliphatic heterocycles. The van der Waals surface area contributed by atoms with Crippen LogP contribution in [0.25, 0.3) is 0 Å². The zero-order valence-corrected chi connectivity index (χ0v) is 9.39. The predicted octanol–water partition coefficient (Wildman–Crippen LogP) is 2.59. The summed E-state index contributed by atoms with van der Waals surface area (Å²) in [5.74, 6) is -2.86. The molecule has 0 saturated carbocycles. The van der Waals surface area contributed by atoms with E-state index in [1.807, 2.05) is 20.0 Å². The van der Waals surface area contributed by atoms with Crippen LogP contribution in [0.3, 0.4) is 0 Å². The summed E-state index contributed by atoms with van der Waals surface area (Å²) in [5, 5.41) is 3.06. The van der Waals surface area contributed by atoms with E-state index in [2.05, 4.69) is 5.32 Å². The summed E-state index contributed by atoms with van der Waals surface area (Å²) in [4.78, 5) is 0. The van der Waals surface area contributed by atoms with E-state index in [4.69, 9.17) is 4.74 Å². The Morgan fingerprint density at radius 2 is 2.19 bits per heavy atom. The molecule has 0 aromatic heterocycles. The molecule has 4 heteroatoms. The van der Waals surface area contributed by atoms with E-state index in [1.165, 1.54) is 6.07 Å². The lowest BCUT2D eigenvalue weighted by atomic mass is 9.92. The van der Waals surface area contributed by atoms with Gasteiger partial charge in [0.05, 0.1) is 6.61 Å². The van der Waals surface area contributed by atoms with Gasteiger partial charge in [0, 0.05) is 11.6 Å². The van der Waals surface area contributed by atoms with Gasteiger partial charge in [0.25, 0.3) is 5.92 Å². The molecule has 0 fully saturated rings. The highest BCUT2D eigenvalue weighted by Gasteiger charge is 2.38. The molecule has 0 bridgehead atoms. The van der Waals surface area contributed by atoms with Crippen molar-refractivity contribution in [2.75, 3.05) is 13.7 Å². The van der Waals surface area contributed by atoms with Crippen molar-refractivity contribution in [3.8, 4) is 0 Å². The van der Waals surface area contributed by atoms with Crippen LogP contribution in [0.5, 0.6) is 0 Å². The van der Waals surface area contributed by atoms with E-state index in [0.29, 0.717) is 5.56 Å². The molecule has 16 heavy (non-hydrogen) atoms. The van der Waals surface area contributed by atoms with Gasteiger partial charge in [-0.05, 0) is 25.1 Å². The topological polar surface area (TPSA) is 21.3 Å². The highest BCUT2D eigenvalue weighted by Crippen LogP contribution is 2.37. The van der Waals surface area contributed by atoms with Crippen molar-refractivity contribution in [3.05, 3.63) is 34.9 Å². The number of hydrogen-bond acceptors (Lipinski definition) is 2. The molecule has 0 spiro atoms. The Morgan fingerprint density at radius 3 is 2.88 bits per heavy atom. The summed E-state index contributed by atoms with van der Waals surface area (Å²) < 4.78 is 32.2. The SMILES string of the molecule is CNC(C)c1cccc2c1COCC2(F)F. The molecule has 1 aromatic carbocycles. The Kier molecular flexibility index (Phi) is 2.95. The molecule has 2 rings (SSSR count). The first-order valence-electron chi connectivity index (χ1n) is 5.31. The van der Waals surface area contributed by atoms with E-state index in [9.17, 15) is 8.78 Å². The van der Waals surface area contributed by atoms with Gasteiger partial charge in [-0.2, -0.15) is 8.78 Å². The lowest BCUT2D eigenvalue weighted by Crippen LogP contribution is -2.29. The Morgan fingerprint density at radius 1 is 1.44 bits per heavy atom. The number of fused-ring (bicyclic) bond motifs is 1. The smallest absolute Gasteiger partial charge is 0.296 e. The second-order valence-electron chi connectivity index (χ2n) is 4.08. The van der Waals surface area contributed by atoms with Crippen molar-refractivity contribution < 1.29 is 13.5 Å². The normalized spacial score (nSPS) is 20.2. The molecule has 0 aliphatic carbocycles. The van der Waals surface area contributed by atoms with Crippen molar-refractivity contribution in [2.24, 2.45) is 0 Å². The highest BCUT2D eigenvalue weighted by atomic mass is 19.3. The fraction of sp³-hybridized carbons (Fsp3) is 0.500. The lowest BCUT2D eigenvalue weighted by molar-refractivity contribution is -0.103. The number of alkyl halides is 2. The van der Waals surface area contributed by atoms with E-state index in [0.717, 1.165) is 5.56 Å². The fourth-order valence-electron chi connectivity index (χ4n) is 2.03. The number of benzene rings is 1. The number of ether oxygens (including phenoxy) is 1. The minimum Gasteiger partial charge on any atom is -0.370 e. The quantitative estimate of drug-likeness (QED) is 0.838. The molecule has 88 valence electrons. The van der Waals surface area contributed by atoms with E-state index >= 15 is 0 Å². The van der Waals surface area contributed by atoms with Crippen LogP contribution in [0.15, 0.2) is 18.2 Å². The maximum absolute atomic E-state index is 13.6. The second-order valence-corrected chi connectivity index (χ2v) is 4.08. The fourth-order valence-corrected chi connectivity index (χ4v) is 2.03. The molecule has 0 radical (unpaired) electrons. The van der Waals surface area contributed by atoms with E-state index < -0.39 is 12.5 Å². The molecule has 1 unspecified atom stereocenters. The lowest BCUT2D eigenvalue weighted by Gasteiger charge is -2.28. The third-order valence-corrected chi connectivity index (χ3v) is 3.04. The van der Waals surface area contributed by atoms with Crippen LogP contribution in [0, 0.1) is 0 Å². The summed E-state index contributed by atoms with van der Waals surface area (Å²) in [6.45, 7) is 1.70. The molecule has 1 aliphatic rings. The van der Waals surface area contributed by atoms with Gasteiger partial charge in [-0.15, -0.1) is 0 Å². The molecule has 1 aromatic rings. The summed E-state index contributed by atoms with van der Waals surface area (Å²) >= 11 is 0. The zero-order valence-electron chi connectivity index (χ0n) is 9.39. The van der Waals surface area contributed by atoms with Crippen molar-refractivity contribution in [1.29, 1.82) is 0 Å². The standard InChI is InChI=1S/C12H15F2NO/c1-8(15-2)9-4-3-5-11-10(9)6-16-7-12(11,13)14/h3-5,8,15H,6-7H2,1-2H3. The van der Waals surface area contributed by atoms with Gasteiger partial charge in [0.15, 0.2) is 0 Å². The zero-order chi connectivity index (χ0) is 11.8. The maximum Gasteiger partial charge on any atom is 0.296 e. The molecular formula is C12H15F2NO. The van der Waals surface area contributed by atoms with Crippen molar-refractivity contribution in [1.82, 2.24) is 5.32 Å². The number of nitrogens with one attached hydrogen (secondary N) is 1. The third kappa shape index (κ3) is 1.83. The predicted molar refractivity (Wildman–Crippen MR) is 57.5 cm³/mol. The summed E-state index contributed by atoms with van der Waals surface area (Å²) in [6, 6.07) is 5.09. The third-order valence-electron chi connectivity index (χ3n) is 3.04. The summed E-state index contributed by atoms with van der Waals surface area (Å²) in [7, 11) is 1.81. The Labute approximate surface area is 93.6 Å². The van der Waals surface area contributed by atoms with Gasteiger partial charge in [-0.3, -0.25) is 0 Å². The largest absolute Gasteiger partial charge is 0.370 e. The van der Waals surface area contributed by atoms with Crippen LogP contribution >= 0.6 is 0 Å². The first kappa shape index (κ1) is 11.5. The van der Waals surface area contributed by atoms with Crippen LogP contribution in [0.2, 0.25) is 0 Å². The van der Waals surface area contributed by atoms with Gasteiger partial charge in [-0.1, -0.05) is 18.2 Å². The summed E-state index contributed by atoms with van der Waals surface area (Å²) in [5.41, 5.74) is 1.62. The van der Waals surface area contributed by atoms with Crippen molar-refractivity contribution >= 4 is 0 Å². The van der Waals surface area contributed by atoms with Crippen LogP contribution < -0.4 is 5.32 Å². The number of rotatable bonds is 2. The Balaban J connectivity index is 2.51. The molecule has 0 saturated heterocycles. The van der Waals surface area contributed by atoms with E-state index in [-0.39, 0.29) is 18.2 Å². The first-order chi connectivity index (χ1) is 7.56. The van der Waals surface area contributed by atoms with Crippen LogP contribution in [-0.4, -0.2) is 13.7 Å². The molecular weight excluding hydrogens is 212 g/mol. The first-order valence-corrected chi connectivity index (χ1v) is 5.31.